The highest BCUT2D eigenvalue weighted by molar-refractivity contribution is 5.81. The summed E-state index contributed by atoms with van der Waals surface area (Å²) in [6.45, 7) is 7.15. The van der Waals surface area contributed by atoms with E-state index in [4.69, 9.17) is 4.74 Å². The van der Waals surface area contributed by atoms with Gasteiger partial charge in [-0.25, -0.2) is 0 Å². The van der Waals surface area contributed by atoms with Crippen LogP contribution in [0.5, 0.6) is 5.75 Å². The Hall–Kier alpha value is -1.80. The molecule has 0 aliphatic carbocycles. The number of ether oxygens (including phenoxy) is 1. The summed E-state index contributed by atoms with van der Waals surface area (Å²) in [5.74, 6) is -0.803. The second kappa shape index (κ2) is 16.0. The number of hydrogen-bond acceptors (Lipinski definition) is 4. The molecule has 0 saturated carbocycles. The topological polar surface area (TPSA) is 36.0 Å². The van der Waals surface area contributed by atoms with Crippen LogP contribution >= 0.6 is 0 Å². The van der Waals surface area contributed by atoms with Crippen molar-refractivity contribution in [2.45, 2.75) is 64.0 Å². The quantitative estimate of drug-likeness (QED) is 0.301. The average molecular weight is 486 g/mol. The number of alkyl halides is 3. The maximum atomic E-state index is 12.4. The van der Waals surface area contributed by atoms with Crippen LogP contribution in [0.3, 0.4) is 0 Å². The van der Waals surface area contributed by atoms with Crippen molar-refractivity contribution in [1.29, 1.82) is 0 Å². The maximum Gasteiger partial charge on any atom is 0.471 e. The van der Waals surface area contributed by atoms with Gasteiger partial charge < -0.3 is 19.4 Å². The molecular formula is C26H42F3N3O2. The molecule has 0 unspecified atom stereocenters. The van der Waals surface area contributed by atoms with Gasteiger partial charge in [0.1, 0.15) is 5.75 Å². The molecule has 1 aromatic rings. The largest absolute Gasteiger partial charge is 0.494 e. The number of para-hydroxylation sites is 1. The zero-order chi connectivity index (χ0) is 24.7. The fraction of sp³-hybridized carbons (Fsp3) is 0.731. The number of carbonyl (C=O) groups is 1. The molecule has 34 heavy (non-hydrogen) atoms. The summed E-state index contributed by atoms with van der Waals surface area (Å²) in [5, 5.41) is 0. The van der Waals surface area contributed by atoms with E-state index in [0.29, 0.717) is 6.42 Å². The molecule has 5 nitrogen and oxygen atoms in total. The summed E-state index contributed by atoms with van der Waals surface area (Å²) in [7, 11) is 1.22. The molecular weight excluding hydrogens is 443 g/mol. The third kappa shape index (κ3) is 12.1. The molecule has 8 heteroatoms. The first-order valence-corrected chi connectivity index (χ1v) is 12.8. The van der Waals surface area contributed by atoms with Gasteiger partial charge >= 0.3 is 12.1 Å². The highest BCUT2D eigenvalue weighted by atomic mass is 19.4. The average Bonchev–Trinajstić information content (AvgIpc) is 2.83. The van der Waals surface area contributed by atoms with E-state index in [2.05, 4.69) is 9.80 Å². The zero-order valence-corrected chi connectivity index (χ0v) is 20.7. The smallest absolute Gasteiger partial charge is 0.471 e. The summed E-state index contributed by atoms with van der Waals surface area (Å²) < 4.78 is 42.9. The predicted molar refractivity (Wildman–Crippen MR) is 130 cm³/mol. The van der Waals surface area contributed by atoms with Crippen molar-refractivity contribution in [3.05, 3.63) is 30.3 Å². The van der Waals surface area contributed by atoms with E-state index in [0.717, 1.165) is 69.4 Å². The second-order valence-corrected chi connectivity index (χ2v) is 9.25. The van der Waals surface area contributed by atoms with Crippen LogP contribution in [0.15, 0.2) is 30.3 Å². The summed E-state index contributed by atoms with van der Waals surface area (Å²) in [6.07, 6.45) is 5.37. The van der Waals surface area contributed by atoms with Crippen LogP contribution in [-0.4, -0.2) is 86.3 Å². The van der Waals surface area contributed by atoms with Crippen LogP contribution in [0, 0.1) is 0 Å². The minimum Gasteiger partial charge on any atom is -0.494 e. The molecule has 2 rings (SSSR count). The van der Waals surface area contributed by atoms with Crippen molar-refractivity contribution < 1.29 is 22.7 Å². The van der Waals surface area contributed by atoms with E-state index in [1.165, 1.54) is 45.6 Å². The highest BCUT2D eigenvalue weighted by Gasteiger charge is 2.40. The van der Waals surface area contributed by atoms with E-state index >= 15 is 0 Å². The minimum absolute atomic E-state index is 0.153. The molecule has 1 fully saturated rings. The molecule has 0 atom stereocenters. The molecule has 0 radical (unpaired) electrons. The van der Waals surface area contributed by atoms with E-state index in [9.17, 15) is 18.0 Å². The van der Waals surface area contributed by atoms with Crippen molar-refractivity contribution in [3.63, 3.8) is 0 Å². The summed E-state index contributed by atoms with van der Waals surface area (Å²) in [5.41, 5.74) is 0. The molecule has 1 aromatic carbocycles. The predicted octanol–water partition coefficient (Wildman–Crippen LogP) is 5.21. The van der Waals surface area contributed by atoms with Crippen LogP contribution in [0.2, 0.25) is 0 Å². The van der Waals surface area contributed by atoms with Gasteiger partial charge in [0.05, 0.1) is 6.61 Å². The van der Waals surface area contributed by atoms with Gasteiger partial charge in [-0.1, -0.05) is 50.3 Å². The number of piperazine rings is 1. The van der Waals surface area contributed by atoms with Crippen molar-refractivity contribution in [3.8, 4) is 5.75 Å². The van der Waals surface area contributed by atoms with E-state index in [1.54, 1.807) is 0 Å². The fourth-order valence-electron chi connectivity index (χ4n) is 4.27. The number of unbranched alkanes of at least 4 members (excludes halogenated alkanes) is 7. The Morgan fingerprint density at radius 2 is 1.32 bits per heavy atom. The molecule has 0 bridgehead atoms. The fourth-order valence-corrected chi connectivity index (χ4v) is 4.27. The van der Waals surface area contributed by atoms with Crippen LogP contribution in [0.25, 0.3) is 0 Å². The maximum absolute atomic E-state index is 12.4. The molecule has 1 saturated heterocycles. The van der Waals surface area contributed by atoms with Crippen LogP contribution in [-0.2, 0) is 4.79 Å². The van der Waals surface area contributed by atoms with Crippen molar-refractivity contribution in [2.24, 2.45) is 0 Å². The van der Waals surface area contributed by atoms with Crippen molar-refractivity contribution in [1.82, 2.24) is 14.7 Å². The van der Waals surface area contributed by atoms with Crippen molar-refractivity contribution in [2.75, 3.05) is 59.5 Å². The summed E-state index contributed by atoms with van der Waals surface area (Å²) in [4.78, 5) is 16.8. The Morgan fingerprint density at radius 3 is 1.88 bits per heavy atom. The third-order valence-electron chi connectivity index (χ3n) is 6.40. The van der Waals surface area contributed by atoms with Gasteiger partial charge in [-0.15, -0.1) is 0 Å². The minimum atomic E-state index is -4.77. The highest BCUT2D eigenvalue weighted by Crippen LogP contribution is 2.18. The van der Waals surface area contributed by atoms with Crippen LogP contribution < -0.4 is 4.74 Å². The zero-order valence-electron chi connectivity index (χ0n) is 20.7. The number of halogens is 3. The van der Waals surface area contributed by atoms with Crippen LogP contribution in [0.1, 0.15) is 57.8 Å². The first kappa shape index (κ1) is 28.4. The Labute approximate surface area is 203 Å². The van der Waals surface area contributed by atoms with E-state index in [1.807, 2.05) is 30.3 Å². The molecule has 194 valence electrons. The number of amides is 1. The van der Waals surface area contributed by atoms with Crippen molar-refractivity contribution >= 4 is 5.91 Å². The second-order valence-electron chi connectivity index (χ2n) is 9.25. The molecule has 0 aromatic heterocycles. The van der Waals surface area contributed by atoms with Gasteiger partial charge in [0, 0.05) is 39.8 Å². The number of carbonyl (C=O) groups excluding carboxylic acids is 1. The van der Waals surface area contributed by atoms with E-state index < -0.39 is 12.1 Å². The van der Waals surface area contributed by atoms with Crippen LogP contribution in [0.4, 0.5) is 13.2 Å². The molecule has 0 spiro atoms. The molecule has 1 aliphatic heterocycles. The lowest BCUT2D eigenvalue weighted by Gasteiger charge is -2.34. The standard InChI is InChI=1S/C26H42F3N3O2/c1-30(25(33)26(27,28)29)16-11-12-18-32-21-19-31(20-22-32)17-10-5-3-2-4-6-13-23-34-24-14-8-7-9-15-24/h7-9,14-15H,2-6,10-13,16-23H2,1H3. The Kier molecular flexibility index (Phi) is 13.4. The molecule has 0 N–H and O–H groups in total. The number of nitrogens with zero attached hydrogens (tertiary/aromatic N) is 3. The normalized spacial score (nSPS) is 15.4. The third-order valence-corrected chi connectivity index (χ3v) is 6.40. The summed E-state index contributed by atoms with van der Waals surface area (Å²) >= 11 is 0. The van der Waals surface area contributed by atoms with Gasteiger partial charge in [0.25, 0.3) is 0 Å². The lowest BCUT2D eigenvalue weighted by atomic mass is 10.1. The molecule has 1 amide bonds. The lowest BCUT2D eigenvalue weighted by Crippen LogP contribution is -2.46. The molecule has 1 aliphatic rings. The first-order chi connectivity index (χ1) is 16.4. The number of hydrogen-bond donors (Lipinski definition) is 0. The number of benzene rings is 1. The SMILES string of the molecule is CN(CCCCN1CCN(CCCCCCCCCOc2ccccc2)CC1)C(=O)C(F)(F)F. The van der Waals surface area contributed by atoms with Gasteiger partial charge in [-0.3, -0.25) is 4.79 Å². The van der Waals surface area contributed by atoms with E-state index in [-0.39, 0.29) is 6.54 Å². The van der Waals surface area contributed by atoms with Gasteiger partial charge in [0.2, 0.25) is 0 Å². The van der Waals surface area contributed by atoms with Gasteiger partial charge in [0.15, 0.2) is 0 Å². The Balaban J connectivity index is 1.37. The Bertz CT molecular complexity index is 665. The van der Waals surface area contributed by atoms with Gasteiger partial charge in [-0.05, 0) is 50.9 Å². The first-order valence-electron chi connectivity index (χ1n) is 12.8. The number of rotatable bonds is 16. The Morgan fingerprint density at radius 1 is 0.824 bits per heavy atom. The van der Waals surface area contributed by atoms with Gasteiger partial charge in [-0.2, -0.15) is 13.2 Å². The molecule has 1 heterocycles. The monoisotopic (exact) mass is 485 g/mol. The lowest BCUT2D eigenvalue weighted by molar-refractivity contribution is -0.184. The summed E-state index contributed by atoms with van der Waals surface area (Å²) in [6, 6.07) is 9.98.